The summed E-state index contributed by atoms with van der Waals surface area (Å²) in [7, 11) is 1.14. The van der Waals surface area contributed by atoms with Gasteiger partial charge in [0.05, 0.1) is 16.3 Å². The van der Waals surface area contributed by atoms with Crippen LogP contribution in [0.1, 0.15) is 0 Å². The molecule has 1 aromatic rings. The molecular weight excluding hydrogens is 447 g/mol. The first-order valence-corrected chi connectivity index (χ1v) is 6.58. The Morgan fingerprint density at radius 2 is 1.79 bits per heavy atom. The van der Waals surface area contributed by atoms with Gasteiger partial charge in [-0.15, -0.1) is 0 Å². The summed E-state index contributed by atoms with van der Waals surface area (Å²) >= 11 is 13.2. The van der Waals surface area contributed by atoms with Crippen molar-refractivity contribution in [2.45, 2.75) is 0 Å². The van der Waals surface area contributed by atoms with Crippen LogP contribution < -0.4 is 5.46 Å². The molecule has 1 rings (SSSR count). The highest BCUT2D eigenvalue weighted by Gasteiger charge is 2.23. The molecule has 0 heterocycles. The fourth-order valence-electron chi connectivity index (χ4n) is 0.934. The van der Waals surface area contributed by atoms with Gasteiger partial charge in [0.15, 0.2) is 0 Å². The quantitative estimate of drug-likeness (QED) is 0.516. The Balaban J connectivity index is 3.16. The molecule has 0 atom stereocenters. The third-order valence-corrected chi connectivity index (χ3v) is 5.36. The Morgan fingerprint density at radius 1 is 1.14 bits per heavy atom. The van der Waals surface area contributed by atoms with E-state index in [1.165, 1.54) is 0 Å². The maximum atomic E-state index is 5.13. The van der Waals surface area contributed by atoms with E-state index in [1.807, 2.05) is 12.1 Å². The third-order valence-electron chi connectivity index (χ3n) is 1.61. The number of rotatable bonds is 3. The SMILES string of the molecule is COB(OBr)c1ccc(Br)c(Br)c1Br. The van der Waals surface area contributed by atoms with Gasteiger partial charge in [-0.1, -0.05) is 6.07 Å². The zero-order valence-corrected chi connectivity index (χ0v) is 13.4. The van der Waals surface area contributed by atoms with Crippen LogP contribution in [-0.4, -0.2) is 14.2 Å². The molecule has 0 N–H and O–H groups in total. The van der Waals surface area contributed by atoms with Gasteiger partial charge in [0.1, 0.15) is 0 Å². The lowest BCUT2D eigenvalue weighted by Crippen LogP contribution is -2.34. The highest BCUT2D eigenvalue weighted by atomic mass is 79.9. The van der Waals surface area contributed by atoms with Gasteiger partial charge in [0.2, 0.25) is 0 Å². The van der Waals surface area contributed by atoms with E-state index in [1.54, 1.807) is 7.11 Å². The van der Waals surface area contributed by atoms with E-state index in [2.05, 4.69) is 64.0 Å². The van der Waals surface area contributed by atoms with E-state index in [9.17, 15) is 0 Å². The van der Waals surface area contributed by atoms with Gasteiger partial charge in [-0.2, -0.15) is 0 Å². The molecule has 0 aliphatic rings. The summed E-state index contributed by atoms with van der Waals surface area (Å²) in [6.45, 7) is 0. The maximum absolute atomic E-state index is 5.13. The van der Waals surface area contributed by atoms with Gasteiger partial charge in [-0.3, -0.25) is 0 Å². The summed E-state index contributed by atoms with van der Waals surface area (Å²) in [5, 5.41) is 0. The number of hydrogen-bond acceptors (Lipinski definition) is 2. The van der Waals surface area contributed by atoms with Gasteiger partial charge < -0.3 is 8.40 Å². The zero-order chi connectivity index (χ0) is 10.7. The van der Waals surface area contributed by atoms with Crippen molar-refractivity contribution in [2.75, 3.05) is 7.11 Å². The molecule has 0 saturated heterocycles. The Kier molecular flexibility index (Phi) is 5.66. The molecule has 0 aromatic heterocycles. The Hall–Kier alpha value is 1.12. The molecule has 0 amide bonds. The first-order valence-electron chi connectivity index (χ1n) is 3.55. The summed E-state index contributed by atoms with van der Waals surface area (Å²) < 4.78 is 12.9. The van der Waals surface area contributed by atoms with Gasteiger partial charge in [0, 0.05) is 20.5 Å². The molecule has 0 saturated carbocycles. The normalized spacial score (nSPS) is 10.4. The first kappa shape index (κ1) is 13.2. The van der Waals surface area contributed by atoms with E-state index in [0.717, 1.165) is 18.9 Å². The molecule has 0 radical (unpaired) electrons. The molecule has 0 fully saturated rings. The maximum Gasteiger partial charge on any atom is 0.505 e. The van der Waals surface area contributed by atoms with Crippen molar-refractivity contribution < 1.29 is 8.40 Å². The van der Waals surface area contributed by atoms with Gasteiger partial charge in [0.25, 0.3) is 0 Å². The summed E-state index contributed by atoms with van der Waals surface area (Å²) in [6.07, 6.45) is 0. The van der Waals surface area contributed by atoms with E-state index in [-0.39, 0.29) is 0 Å². The van der Waals surface area contributed by atoms with Crippen LogP contribution in [0.2, 0.25) is 0 Å². The second kappa shape index (κ2) is 6.01. The average Bonchev–Trinajstić information content (AvgIpc) is 2.19. The third kappa shape index (κ3) is 2.83. The predicted octanol–water partition coefficient (Wildman–Crippen LogP) is 3.64. The van der Waals surface area contributed by atoms with E-state index >= 15 is 0 Å². The Labute approximate surface area is 117 Å². The second-order valence-electron chi connectivity index (χ2n) is 2.42. The second-order valence-corrected chi connectivity index (χ2v) is 5.24. The summed E-state index contributed by atoms with van der Waals surface area (Å²) in [4.78, 5) is 0. The molecule has 0 unspecified atom stereocenters. The van der Waals surface area contributed by atoms with E-state index in [4.69, 9.17) is 8.40 Å². The Morgan fingerprint density at radius 3 is 2.29 bits per heavy atom. The molecule has 0 aliphatic heterocycles. The van der Waals surface area contributed by atoms with Crippen molar-refractivity contribution >= 4 is 76.6 Å². The van der Waals surface area contributed by atoms with Gasteiger partial charge in [-0.05, 0) is 59.3 Å². The van der Waals surface area contributed by atoms with Gasteiger partial charge >= 0.3 is 7.12 Å². The highest BCUT2D eigenvalue weighted by molar-refractivity contribution is 9.14. The lowest BCUT2D eigenvalue weighted by atomic mass is 9.80. The first-order chi connectivity index (χ1) is 6.61. The van der Waals surface area contributed by atoms with Crippen LogP contribution in [0.15, 0.2) is 25.6 Å². The molecule has 7 heteroatoms. The summed E-state index contributed by atoms with van der Waals surface area (Å²) in [6, 6.07) is 3.83. The van der Waals surface area contributed by atoms with E-state index < -0.39 is 7.12 Å². The van der Waals surface area contributed by atoms with Crippen molar-refractivity contribution in [3.05, 3.63) is 25.6 Å². The largest absolute Gasteiger partial charge is 0.505 e. The van der Waals surface area contributed by atoms with Crippen LogP contribution in [0.4, 0.5) is 0 Å². The molecule has 2 nitrogen and oxygen atoms in total. The molecule has 0 spiro atoms. The number of hydrogen-bond donors (Lipinski definition) is 0. The van der Waals surface area contributed by atoms with Crippen molar-refractivity contribution in [3.8, 4) is 0 Å². The standard InChI is InChI=1S/C7H5BBr4O2/c1-13-8(14-12)4-2-3-5(9)7(11)6(4)10/h2-3H,1H3. The number of benzene rings is 1. The number of halogens is 4. The molecule has 0 bridgehead atoms. The lowest BCUT2D eigenvalue weighted by molar-refractivity contribution is 0.371. The zero-order valence-electron chi connectivity index (χ0n) is 7.06. The van der Waals surface area contributed by atoms with Crippen LogP contribution in [0.25, 0.3) is 0 Å². The molecule has 0 aliphatic carbocycles. The van der Waals surface area contributed by atoms with Crippen molar-refractivity contribution in [1.29, 1.82) is 0 Å². The van der Waals surface area contributed by atoms with Crippen LogP contribution >= 0.6 is 64.0 Å². The van der Waals surface area contributed by atoms with Crippen LogP contribution in [-0.2, 0) is 8.40 Å². The fourth-order valence-corrected chi connectivity index (χ4v) is 2.78. The minimum absolute atomic E-state index is 0.436. The lowest BCUT2D eigenvalue weighted by Gasteiger charge is -2.11. The monoisotopic (exact) mass is 448 g/mol. The molecule has 1 aromatic carbocycles. The van der Waals surface area contributed by atoms with Crippen LogP contribution in [0.5, 0.6) is 0 Å². The minimum Gasteiger partial charge on any atom is -0.410 e. The molecular formula is C7H5BBr4O2. The highest BCUT2D eigenvalue weighted by Crippen LogP contribution is 2.29. The van der Waals surface area contributed by atoms with Crippen molar-refractivity contribution in [2.24, 2.45) is 0 Å². The topological polar surface area (TPSA) is 18.5 Å². The van der Waals surface area contributed by atoms with E-state index in [0.29, 0.717) is 0 Å². The minimum atomic E-state index is -0.436. The van der Waals surface area contributed by atoms with Crippen molar-refractivity contribution in [3.63, 3.8) is 0 Å². The summed E-state index contributed by atoms with van der Waals surface area (Å²) in [5.41, 5.74) is 0.902. The van der Waals surface area contributed by atoms with Gasteiger partial charge in [-0.25, -0.2) is 0 Å². The van der Waals surface area contributed by atoms with Crippen LogP contribution in [0, 0.1) is 0 Å². The average molecular weight is 452 g/mol. The van der Waals surface area contributed by atoms with Crippen molar-refractivity contribution in [1.82, 2.24) is 0 Å². The molecule has 14 heavy (non-hydrogen) atoms. The fraction of sp³-hybridized carbons (Fsp3) is 0.143. The Bertz CT molecular complexity index is 330. The molecule has 76 valence electrons. The smallest absolute Gasteiger partial charge is 0.410 e. The summed E-state index contributed by atoms with van der Waals surface area (Å²) in [5.74, 6) is 0. The predicted molar refractivity (Wildman–Crippen MR) is 72.0 cm³/mol. The van der Waals surface area contributed by atoms with Crippen LogP contribution in [0.3, 0.4) is 0 Å².